The second kappa shape index (κ2) is 5.39. The fourth-order valence-corrected chi connectivity index (χ4v) is 1.57. The molecule has 0 fully saturated rings. The van der Waals surface area contributed by atoms with Gasteiger partial charge in [-0.3, -0.25) is 4.68 Å². The number of rotatable bonds is 5. The summed E-state index contributed by atoms with van der Waals surface area (Å²) in [4.78, 5) is 0. The molecule has 0 spiro atoms. The van der Waals surface area contributed by atoms with Crippen LogP contribution in [0.2, 0.25) is 0 Å². The number of hydrogen-bond acceptors (Lipinski definition) is 3. The van der Waals surface area contributed by atoms with Crippen LogP contribution in [0.25, 0.3) is 0 Å². The molecule has 1 aromatic carbocycles. The van der Waals surface area contributed by atoms with Crippen LogP contribution in [-0.2, 0) is 6.54 Å². The van der Waals surface area contributed by atoms with E-state index in [1.807, 2.05) is 48.1 Å². The van der Waals surface area contributed by atoms with Crippen LogP contribution >= 0.6 is 0 Å². The highest BCUT2D eigenvalue weighted by molar-refractivity contribution is 5.39. The lowest BCUT2D eigenvalue weighted by atomic mass is 10.3. The quantitative estimate of drug-likeness (QED) is 0.793. The van der Waals surface area contributed by atoms with Gasteiger partial charge in [-0.1, -0.05) is 12.1 Å². The average Bonchev–Trinajstić information content (AvgIpc) is 2.76. The van der Waals surface area contributed by atoms with Crippen LogP contribution in [0.3, 0.4) is 0 Å². The van der Waals surface area contributed by atoms with E-state index in [4.69, 9.17) is 9.47 Å². The van der Waals surface area contributed by atoms with E-state index in [2.05, 4.69) is 5.10 Å². The molecule has 0 saturated carbocycles. The van der Waals surface area contributed by atoms with Gasteiger partial charge in [0, 0.05) is 6.20 Å². The minimum absolute atomic E-state index is 0.571. The summed E-state index contributed by atoms with van der Waals surface area (Å²) in [6.45, 7) is 3.27. The van der Waals surface area contributed by atoms with Gasteiger partial charge in [-0.25, -0.2) is 0 Å². The zero-order valence-electron chi connectivity index (χ0n) is 10.1. The van der Waals surface area contributed by atoms with Crippen LogP contribution < -0.4 is 9.47 Å². The summed E-state index contributed by atoms with van der Waals surface area (Å²) in [6.07, 6.45) is 1.95. The number of ether oxygens (including phenoxy) is 2. The third-order valence-electron chi connectivity index (χ3n) is 2.42. The van der Waals surface area contributed by atoms with Gasteiger partial charge in [-0.15, -0.1) is 0 Å². The molecular formula is C13H16N2O2. The Hall–Kier alpha value is -1.97. The molecule has 0 amide bonds. The lowest BCUT2D eigenvalue weighted by molar-refractivity contribution is 0.274. The lowest BCUT2D eigenvalue weighted by Gasteiger charge is -2.10. The van der Waals surface area contributed by atoms with Gasteiger partial charge >= 0.3 is 0 Å². The van der Waals surface area contributed by atoms with Crippen molar-refractivity contribution in [3.8, 4) is 11.5 Å². The third kappa shape index (κ3) is 3.00. The van der Waals surface area contributed by atoms with E-state index in [0.29, 0.717) is 6.61 Å². The smallest absolute Gasteiger partial charge is 0.161 e. The monoisotopic (exact) mass is 232 g/mol. The van der Waals surface area contributed by atoms with E-state index >= 15 is 0 Å². The molecule has 17 heavy (non-hydrogen) atoms. The Kier molecular flexibility index (Phi) is 3.65. The molecule has 4 nitrogen and oxygen atoms in total. The first-order chi connectivity index (χ1) is 8.29. The number of hydrogen-bond donors (Lipinski definition) is 0. The fraction of sp³-hybridized carbons (Fsp3) is 0.308. The summed E-state index contributed by atoms with van der Waals surface area (Å²) in [5.41, 5.74) is 1.02. The van der Waals surface area contributed by atoms with Crippen LogP contribution in [0.5, 0.6) is 11.5 Å². The number of para-hydroxylation sites is 2. The predicted molar refractivity (Wildman–Crippen MR) is 65.5 cm³/mol. The Morgan fingerprint density at radius 1 is 1.18 bits per heavy atom. The van der Waals surface area contributed by atoms with Gasteiger partial charge < -0.3 is 9.47 Å². The molecule has 0 N–H and O–H groups in total. The zero-order chi connectivity index (χ0) is 12.1. The van der Waals surface area contributed by atoms with Crippen molar-refractivity contribution in [2.45, 2.75) is 13.5 Å². The van der Waals surface area contributed by atoms with Gasteiger partial charge in [0.05, 0.1) is 19.3 Å². The molecule has 0 aliphatic carbocycles. The molecule has 90 valence electrons. The van der Waals surface area contributed by atoms with Crippen LogP contribution in [0.4, 0.5) is 0 Å². The average molecular weight is 232 g/mol. The van der Waals surface area contributed by atoms with E-state index in [9.17, 15) is 0 Å². The Balaban J connectivity index is 1.89. The van der Waals surface area contributed by atoms with Crippen molar-refractivity contribution in [2.24, 2.45) is 0 Å². The number of methoxy groups -OCH3 is 1. The summed E-state index contributed by atoms with van der Waals surface area (Å²) in [5.74, 6) is 1.52. The van der Waals surface area contributed by atoms with Gasteiger partial charge in [0.15, 0.2) is 11.5 Å². The number of benzene rings is 1. The van der Waals surface area contributed by atoms with E-state index < -0.39 is 0 Å². The van der Waals surface area contributed by atoms with Gasteiger partial charge in [0.2, 0.25) is 0 Å². The molecule has 2 rings (SSSR count). The van der Waals surface area contributed by atoms with Crippen molar-refractivity contribution in [3.63, 3.8) is 0 Å². The molecule has 1 aromatic heterocycles. The first-order valence-electron chi connectivity index (χ1n) is 5.55. The molecule has 0 radical (unpaired) electrons. The molecule has 0 saturated heterocycles. The maximum atomic E-state index is 5.66. The Labute approximate surface area is 101 Å². The van der Waals surface area contributed by atoms with Gasteiger partial charge in [0.1, 0.15) is 6.61 Å². The Bertz CT molecular complexity index is 480. The van der Waals surface area contributed by atoms with Crippen molar-refractivity contribution < 1.29 is 9.47 Å². The third-order valence-corrected chi connectivity index (χ3v) is 2.42. The van der Waals surface area contributed by atoms with Gasteiger partial charge in [-0.05, 0) is 25.1 Å². The number of aromatic nitrogens is 2. The van der Waals surface area contributed by atoms with E-state index in [-0.39, 0.29) is 0 Å². The molecule has 0 atom stereocenters. The number of aryl methyl sites for hydroxylation is 1. The normalized spacial score (nSPS) is 10.2. The van der Waals surface area contributed by atoms with Crippen LogP contribution in [0.1, 0.15) is 5.69 Å². The molecule has 2 aromatic rings. The van der Waals surface area contributed by atoms with Crippen molar-refractivity contribution >= 4 is 0 Å². The first-order valence-corrected chi connectivity index (χ1v) is 5.55. The van der Waals surface area contributed by atoms with Crippen LogP contribution in [0.15, 0.2) is 36.5 Å². The lowest BCUT2D eigenvalue weighted by Crippen LogP contribution is -2.09. The van der Waals surface area contributed by atoms with E-state index in [1.54, 1.807) is 7.11 Å². The molecule has 0 unspecified atom stereocenters. The van der Waals surface area contributed by atoms with Crippen LogP contribution in [0, 0.1) is 6.92 Å². The summed E-state index contributed by atoms with van der Waals surface area (Å²) in [6, 6.07) is 9.60. The maximum Gasteiger partial charge on any atom is 0.161 e. The fourth-order valence-electron chi connectivity index (χ4n) is 1.57. The highest BCUT2D eigenvalue weighted by Crippen LogP contribution is 2.25. The summed E-state index contributed by atoms with van der Waals surface area (Å²) >= 11 is 0. The highest BCUT2D eigenvalue weighted by atomic mass is 16.5. The molecular weight excluding hydrogens is 216 g/mol. The molecule has 4 heteroatoms. The highest BCUT2D eigenvalue weighted by Gasteiger charge is 2.02. The zero-order valence-corrected chi connectivity index (χ0v) is 10.1. The SMILES string of the molecule is COc1ccccc1OCCn1ccc(C)n1. The van der Waals surface area contributed by atoms with Gasteiger partial charge in [-0.2, -0.15) is 5.10 Å². The maximum absolute atomic E-state index is 5.66. The minimum atomic E-state index is 0.571. The minimum Gasteiger partial charge on any atom is -0.493 e. The summed E-state index contributed by atoms with van der Waals surface area (Å²) in [5, 5.41) is 4.29. The number of nitrogens with zero attached hydrogens (tertiary/aromatic N) is 2. The van der Waals surface area contributed by atoms with Crippen molar-refractivity contribution in [2.75, 3.05) is 13.7 Å². The second-order valence-corrected chi connectivity index (χ2v) is 3.72. The summed E-state index contributed by atoms with van der Waals surface area (Å²) in [7, 11) is 1.64. The molecule has 1 heterocycles. The van der Waals surface area contributed by atoms with E-state index in [1.165, 1.54) is 0 Å². The first kappa shape index (κ1) is 11.5. The van der Waals surface area contributed by atoms with Gasteiger partial charge in [0.25, 0.3) is 0 Å². The topological polar surface area (TPSA) is 36.3 Å². The second-order valence-electron chi connectivity index (χ2n) is 3.72. The predicted octanol–water partition coefficient (Wildman–Crippen LogP) is 2.28. The van der Waals surface area contributed by atoms with Crippen molar-refractivity contribution in [1.82, 2.24) is 9.78 Å². The Morgan fingerprint density at radius 2 is 1.94 bits per heavy atom. The molecule has 0 aliphatic rings. The van der Waals surface area contributed by atoms with Crippen molar-refractivity contribution in [3.05, 3.63) is 42.2 Å². The van der Waals surface area contributed by atoms with Crippen LogP contribution in [-0.4, -0.2) is 23.5 Å². The molecule has 0 aliphatic heterocycles. The standard InChI is InChI=1S/C13H16N2O2/c1-11-7-8-15(14-11)9-10-17-13-6-4-3-5-12(13)16-2/h3-8H,9-10H2,1-2H3. The van der Waals surface area contributed by atoms with E-state index in [0.717, 1.165) is 23.7 Å². The molecule has 0 bridgehead atoms. The Morgan fingerprint density at radius 3 is 2.59 bits per heavy atom. The largest absolute Gasteiger partial charge is 0.493 e. The van der Waals surface area contributed by atoms with Crippen molar-refractivity contribution in [1.29, 1.82) is 0 Å². The summed E-state index contributed by atoms with van der Waals surface area (Å²) < 4.78 is 12.7.